The van der Waals surface area contributed by atoms with Crippen LogP contribution in [0.3, 0.4) is 0 Å². The van der Waals surface area contributed by atoms with Crippen LogP contribution in [-0.4, -0.2) is 25.6 Å². The van der Waals surface area contributed by atoms with Gasteiger partial charge in [-0.2, -0.15) is 0 Å². The van der Waals surface area contributed by atoms with Gasteiger partial charge in [-0.25, -0.2) is 8.42 Å². The second-order valence-electron chi connectivity index (χ2n) is 8.49. The van der Waals surface area contributed by atoms with E-state index >= 15 is 0 Å². The summed E-state index contributed by atoms with van der Waals surface area (Å²) in [6, 6.07) is 26.1. The molecule has 0 saturated carbocycles. The molecule has 0 spiro atoms. The highest BCUT2D eigenvalue weighted by atomic mass is 32.2. The van der Waals surface area contributed by atoms with Gasteiger partial charge in [0, 0.05) is 23.6 Å². The SMILES string of the molecule is Cc1cccc(N(Cc2ccc(C(=O)Nc3ccc(Cc4ccncc4)cc3)cc2)S(C)(=O)=O)c1. The van der Waals surface area contributed by atoms with Gasteiger partial charge in [-0.05, 0) is 84.1 Å². The third kappa shape index (κ3) is 6.55. The van der Waals surface area contributed by atoms with Gasteiger partial charge in [0.2, 0.25) is 10.0 Å². The molecule has 7 heteroatoms. The summed E-state index contributed by atoms with van der Waals surface area (Å²) in [4.78, 5) is 16.8. The quantitative estimate of drug-likeness (QED) is 0.372. The number of benzene rings is 3. The Bertz CT molecular complexity index is 1400. The Morgan fingerprint density at radius 3 is 2.11 bits per heavy atom. The fourth-order valence-corrected chi connectivity index (χ4v) is 4.64. The molecule has 0 aliphatic rings. The highest BCUT2D eigenvalue weighted by molar-refractivity contribution is 7.92. The largest absolute Gasteiger partial charge is 0.322 e. The average Bonchev–Trinajstić information content (AvgIpc) is 2.84. The molecule has 0 fully saturated rings. The Balaban J connectivity index is 1.41. The average molecular weight is 486 g/mol. The van der Waals surface area contributed by atoms with Gasteiger partial charge in [0.1, 0.15) is 0 Å². The van der Waals surface area contributed by atoms with E-state index in [-0.39, 0.29) is 12.5 Å². The number of pyridine rings is 1. The van der Waals surface area contributed by atoms with Crippen molar-refractivity contribution in [1.29, 1.82) is 0 Å². The number of hydrogen-bond acceptors (Lipinski definition) is 4. The van der Waals surface area contributed by atoms with E-state index in [9.17, 15) is 13.2 Å². The molecule has 178 valence electrons. The van der Waals surface area contributed by atoms with Crippen molar-refractivity contribution in [2.45, 2.75) is 19.9 Å². The first-order valence-electron chi connectivity index (χ1n) is 11.2. The molecule has 35 heavy (non-hydrogen) atoms. The maximum Gasteiger partial charge on any atom is 0.255 e. The van der Waals surface area contributed by atoms with Crippen molar-refractivity contribution in [3.63, 3.8) is 0 Å². The van der Waals surface area contributed by atoms with Crippen molar-refractivity contribution >= 4 is 27.3 Å². The molecule has 0 atom stereocenters. The first-order chi connectivity index (χ1) is 16.8. The van der Waals surface area contributed by atoms with E-state index in [0.717, 1.165) is 23.1 Å². The monoisotopic (exact) mass is 485 g/mol. The Morgan fingerprint density at radius 1 is 0.857 bits per heavy atom. The van der Waals surface area contributed by atoms with Crippen molar-refractivity contribution in [3.05, 3.63) is 125 Å². The highest BCUT2D eigenvalue weighted by Gasteiger charge is 2.18. The molecule has 0 aliphatic heterocycles. The molecule has 3 aromatic carbocycles. The van der Waals surface area contributed by atoms with E-state index in [1.807, 2.05) is 61.5 Å². The summed E-state index contributed by atoms with van der Waals surface area (Å²) in [6.07, 6.45) is 5.54. The molecule has 4 rings (SSSR count). The van der Waals surface area contributed by atoms with E-state index in [1.165, 1.54) is 16.1 Å². The Hall–Kier alpha value is -3.97. The normalized spacial score (nSPS) is 11.1. The van der Waals surface area contributed by atoms with Crippen molar-refractivity contribution in [1.82, 2.24) is 4.98 Å². The van der Waals surface area contributed by atoms with Gasteiger partial charge in [0.25, 0.3) is 5.91 Å². The summed E-state index contributed by atoms with van der Waals surface area (Å²) in [5.74, 6) is -0.225. The summed E-state index contributed by atoms with van der Waals surface area (Å²) >= 11 is 0. The summed E-state index contributed by atoms with van der Waals surface area (Å²) in [7, 11) is -3.47. The smallest absolute Gasteiger partial charge is 0.255 e. The number of carbonyl (C=O) groups is 1. The van der Waals surface area contributed by atoms with Crippen LogP contribution in [0, 0.1) is 6.92 Å². The van der Waals surface area contributed by atoms with E-state index in [2.05, 4.69) is 10.3 Å². The molecule has 4 aromatic rings. The van der Waals surface area contributed by atoms with Crippen LogP contribution in [0.4, 0.5) is 11.4 Å². The molecule has 0 saturated heterocycles. The van der Waals surface area contributed by atoms with Crippen LogP contribution in [0.1, 0.15) is 32.6 Å². The molecule has 0 aliphatic carbocycles. The number of nitrogens with one attached hydrogen (secondary N) is 1. The molecule has 0 unspecified atom stereocenters. The summed E-state index contributed by atoms with van der Waals surface area (Å²) < 4.78 is 26.2. The number of anilines is 2. The van der Waals surface area contributed by atoms with Gasteiger partial charge < -0.3 is 5.32 Å². The summed E-state index contributed by atoms with van der Waals surface area (Å²) in [5.41, 5.74) is 5.90. The van der Waals surface area contributed by atoms with Crippen molar-refractivity contribution in [3.8, 4) is 0 Å². The zero-order chi connectivity index (χ0) is 24.8. The molecule has 0 radical (unpaired) electrons. The minimum Gasteiger partial charge on any atom is -0.322 e. The van der Waals surface area contributed by atoms with E-state index in [0.29, 0.717) is 16.9 Å². The standard InChI is InChI=1S/C28H27N3O3S/c1-21-4-3-5-27(18-21)31(35(2,33)34)20-24-6-10-25(11-7-24)28(32)30-26-12-8-22(9-13-26)19-23-14-16-29-17-15-23/h3-18H,19-20H2,1-2H3,(H,30,32). The van der Waals surface area contributed by atoms with Crippen molar-refractivity contribution in [2.24, 2.45) is 0 Å². The van der Waals surface area contributed by atoms with Crippen LogP contribution < -0.4 is 9.62 Å². The molecular formula is C28H27N3O3S. The van der Waals surface area contributed by atoms with Crippen molar-refractivity contribution in [2.75, 3.05) is 15.9 Å². The minimum absolute atomic E-state index is 0.184. The van der Waals surface area contributed by atoms with Crippen LogP contribution in [0.2, 0.25) is 0 Å². The zero-order valence-electron chi connectivity index (χ0n) is 19.7. The lowest BCUT2D eigenvalue weighted by molar-refractivity contribution is 0.102. The van der Waals surface area contributed by atoms with Gasteiger partial charge in [-0.3, -0.25) is 14.1 Å². The molecule has 6 nitrogen and oxygen atoms in total. The highest BCUT2D eigenvalue weighted by Crippen LogP contribution is 2.22. The zero-order valence-corrected chi connectivity index (χ0v) is 20.5. The maximum absolute atomic E-state index is 12.7. The second-order valence-corrected chi connectivity index (χ2v) is 10.4. The predicted octanol–water partition coefficient (Wildman–Crippen LogP) is 5.20. The first-order valence-corrected chi connectivity index (χ1v) is 13.1. The number of carbonyl (C=O) groups excluding carboxylic acids is 1. The fourth-order valence-electron chi connectivity index (χ4n) is 3.76. The van der Waals surface area contributed by atoms with Gasteiger partial charge in [-0.15, -0.1) is 0 Å². The third-order valence-electron chi connectivity index (χ3n) is 5.60. The fraction of sp³-hybridized carbons (Fsp3) is 0.143. The van der Waals surface area contributed by atoms with Crippen LogP contribution in [0.25, 0.3) is 0 Å². The lowest BCUT2D eigenvalue weighted by Crippen LogP contribution is -2.29. The number of aryl methyl sites for hydroxylation is 1. The maximum atomic E-state index is 12.7. The summed E-state index contributed by atoms with van der Waals surface area (Å²) in [5, 5.41) is 2.91. The van der Waals surface area contributed by atoms with Crippen molar-refractivity contribution < 1.29 is 13.2 Å². The Kier molecular flexibility index (Phi) is 7.27. The van der Waals surface area contributed by atoms with Crippen LogP contribution >= 0.6 is 0 Å². The Labute approximate surface area is 206 Å². The topological polar surface area (TPSA) is 79.4 Å². The molecule has 1 amide bonds. The number of sulfonamides is 1. The number of nitrogens with zero attached hydrogens (tertiary/aromatic N) is 2. The second kappa shape index (κ2) is 10.5. The minimum atomic E-state index is -3.47. The number of hydrogen-bond donors (Lipinski definition) is 1. The first kappa shape index (κ1) is 24.2. The van der Waals surface area contributed by atoms with Gasteiger partial charge in [0.15, 0.2) is 0 Å². The Morgan fingerprint density at radius 2 is 1.49 bits per heavy atom. The molecule has 0 bridgehead atoms. The van der Waals surface area contributed by atoms with Gasteiger partial charge in [-0.1, -0.05) is 36.4 Å². The van der Waals surface area contributed by atoms with E-state index < -0.39 is 10.0 Å². The van der Waals surface area contributed by atoms with Gasteiger partial charge >= 0.3 is 0 Å². The lowest BCUT2D eigenvalue weighted by atomic mass is 10.1. The predicted molar refractivity (Wildman–Crippen MR) is 140 cm³/mol. The summed E-state index contributed by atoms with van der Waals surface area (Å²) in [6.45, 7) is 2.11. The number of amides is 1. The molecule has 1 heterocycles. The molecule has 1 aromatic heterocycles. The third-order valence-corrected chi connectivity index (χ3v) is 6.74. The molecule has 1 N–H and O–H groups in total. The van der Waals surface area contributed by atoms with E-state index in [1.54, 1.807) is 42.7 Å². The van der Waals surface area contributed by atoms with Crippen LogP contribution in [0.15, 0.2) is 97.3 Å². The van der Waals surface area contributed by atoms with Crippen LogP contribution in [0.5, 0.6) is 0 Å². The number of aromatic nitrogens is 1. The number of rotatable bonds is 8. The molecular weight excluding hydrogens is 458 g/mol. The van der Waals surface area contributed by atoms with Gasteiger partial charge in [0.05, 0.1) is 18.5 Å². The van der Waals surface area contributed by atoms with Crippen LogP contribution in [-0.2, 0) is 23.0 Å². The lowest BCUT2D eigenvalue weighted by Gasteiger charge is -2.23. The van der Waals surface area contributed by atoms with E-state index in [4.69, 9.17) is 0 Å².